The maximum Gasteiger partial charge on any atom is 0.255 e. The van der Waals surface area contributed by atoms with Crippen molar-refractivity contribution in [1.29, 1.82) is 0 Å². The van der Waals surface area contributed by atoms with Gasteiger partial charge in [0.2, 0.25) is 11.8 Å². The topological polar surface area (TPSA) is 91.0 Å². The van der Waals surface area contributed by atoms with Gasteiger partial charge in [-0.15, -0.1) is 0 Å². The van der Waals surface area contributed by atoms with E-state index in [0.717, 1.165) is 18.2 Å². The number of benzene rings is 2. The normalized spacial score (nSPS) is 33.7. The fraction of sp³-hybridized carbons (Fsp3) is 0.444. The fourth-order valence-corrected chi connectivity index (χ4v) is 4.30. The Morgan fingerprint density at radius 1 is 1.19 bits per heavy atom. The predicted octanol–water partition coefficient (Wildman–Crippen LogP) is 2.81. The molecule has 190 valence electrons. The monoisotopic (exact) mass is 504 g/mol. The molecule has 36 heavy (non-hydrogen) atoms. The van der Waals surface area contributed by atoms with Crippen molar-refractivity contribution in [3.05, 3.63) is 64.5 Å². The number of fused-ring (bicyclic) bond motifs is 1. The number of nitrogens with zero attached hydrogens (tertiary/aromatic N) is 2. The van der Waals surface area contributed by atoms with Crippen LogP contribution in [0, 0.1) is 5.82 Å². The standard InChI is InChI=1S/C27H31FN4O4/c1-16-12-31(13-17(2)36-16)14-18-6-7-19(22(28)10-18)11-29-23-5-3-4-20-21(23)15-32(27(20)35)24-8-9-25(33)30-26(24)34/h3-7,10,16-17,24,29H,8-9,11-15H2,1-2H3,(H,30,33,34)/i8D2,9D2,11D2,14D2,15D2. The Balaban J connectivity index is 1.48. The SMILES string of the molecule is [2H]C([2H])(Nc1cccc2c1C([2H])([2H])N(C1C(=O)NC(=O)C([2H])([2H])C1([2H])[2H])C2=O)c1ccc(C([2H])([2H])N2CC(C)OC(C)C2)cc1F. The van der Waals surface area contributed by atoms with E-state index in [9.17, 15) is 14.4 Å². The lowest BCUT2D eigenvalue weighted by Gasteiger charge is -2.35. The summed E-state index contributed by atoms with van der Waals surface area (Å²) in [6, 6.07) is 4.33. The molecule has 3 aliphatic heterocycles. The van der Waals surface area contributed by atoms with Crippen LogP contribution in [0.2, 0.25) is 0 Å². The summed E-state index contributed by atoms with van der Waals surface area (Å²) in [5, 5.41) is 4.05. The zero-order chi connectivity index (χ0) is 34.4. The molecule has 0 bridgehead atoms. The molecule has 3 unspecified atom stereocenters. The van der Waals surface area contributed by atoms with Crippen molar-refractivity contribution in [3.8, 4) is 0 Å². The largest absolute Gasteiger partial charge is 0.381 e. The van der Waals surface area contributed by atoms with Crippen LogP contribution >= 0.6 is 0 Å². The van der Waals surface area contributed by atoms with E-state index in [1.54, 1.807) is 19.2 Å². The number of halogens is 1. The first-order valence-electron chi connectivity index (χ1n) is 16.4. The number of hydrogen-bond donors (Lipinski definition) is 2. The van der Waals surface area contributed by atoms with E-state index in [-0.39, 0.29) is 41.4 Å². The average Bonchev–Trinajstić information content (AvgIpc) is 3.12. The summed E-state index contributed by atoms with van der Waals surface area (Å²) >= 11 is 0. The minimum absolute atomic E-state index is 0.0672. The van der Waals surface area contributed by atoms with Gasteiger partial charge in [-0.1, -0.05) is 18.2 Å². The second-order valence-corrected chi connectivity index (χ2v) is 8.72. The Hall–Kier alpha value is -3.30. The van der Waals surface area contributed by atoms with Crippen molar-refractivity contribution in [2.75, 3.05) is 18.4 Å². The van der Waals surface area contributed by atoms with Crippen molar-refractivity contribution >= 4 is 23.4 Å². The third kappa shape index (κ3) is 4.99. The van der Waals surface area contributed by atoms with Crippen LogP contribution in [0.3, 0.4) is 0 Å². The Bertz CT molecular complexity index is 1610. The zero-order valence-electron chi connectivity index (χ0n) is 29.5. The number of ether oxygens (including phenoxy) is 1. The van der Waals surface area contributed by atoms with E-state index in [2.05, 4.69) is 5.32 Å². The highest BCUT2D eigenvalue weighted by molar-refractivity contribution is 6.06. The highest BCUT2D eigenvalue weighted by Crippen LogP contribution is 2.32. The van der Waals surface area contributed by atoms with Gasteiger partial charge < -0.3 is 15.0 Å². The van der Waals surface area contributed by atoms with Gasteiger partial charge in [0.15, 0.2) is 0 Å². The van der Waals surface area contributed by atoms with Gasteiger partial charge in [0, 0.05) is 69.6 Å². The Morgan fingerprint density at radius 3 is 2.72 bits per heavy atom. The first-order chi connectivity index (χ1) is 21.0. The Morgan fingerprint density at radius 2 is 1.97 bits per heavy atom. The maximum absolute atomic E-state index is 15.5. The van der Waals surface area contributed by atoms with Crippen molar-refractivity contribution in [2.24, 2.45) is 0 Å². The van der Waals surface area contributed by atoms with Gasteiger partial charge in [-0.2, -0.15) is 0 Å². The third-order valence-corrected chi connectivity index (χ3v) is 5.82. The van der Waals surface area contributed by atoms with E-state index in [0.29, 0.717) is 0 Å². The molecule has 3 heterocycles. The van der Waals surface area contributed by atoms with Crippen molar-refractivity contribution in [1.82, 2.24) is 15.1 Å². The number of nitrogens with one attached hydrogen (secondary N) is 2. The quantitative estimate of drug-likeness (QED) is 0.588. The second kappa shape index (κ2) is 9.99. The summed E-state index contributed by atoms with van der Waals surface area (Å²) in [6.45, 7) is -3.88. The predicted molar refractivity (Wildman–Crippen MR) is 131 cm³/mol. The first kappa shape index (κ1) is 15.1. The molecule has 2 aromatic rings. The lowest BCUT2D eigenvalue weighted by molar-refractivity contribution is -0.136. The van der Waals surface area contributed by atoms with Crippen LogP contribution < -0.4 is 10.6 Å². The molecule has 2 fully saturated rings. The number of morpholine rings is 1. The molecule has 0 spiro atoms. The fourth-order valence-electron chi connectivity index (χ4n) is 4.30. The molecule has 2 N–H and O–H groups in total. The summed E-state index contributed by atoms with van der Waals surface area (Å²) in [6.07, 6.45) is -7.24. The van der Waals surface area contributed by atoms with Crippen LogP contribution in [0.4, 0.5) is 10.1 Å². The van der Waals surface area contributed by atoms with Crippen molar-refractivity contribution in [3.63, 3.8) is 0 Å². The number of carbonyl (C=O) groups is 3. The van der Waals surface area contributed by atoms with E-state index in [1.807, 2.05) is 0 Å². The molecule has 0 aromatic heterocycles. The van der Waals surface area contributed by atoms with E-state index >= 15 is 4.39 Å². The first-order valence-corrected chi connectivity index (χ1v) is 11.4. The zero-order valence-corrected chi connectivity index (χ0v) is 19.5. The lowest BCUT2D eigenvalue weighted by atomic mass is 10.0. The smallest absolute Gasteiger partial charge is 0.255 e. The van der Waals surface area contributed by atoms with Crippen molar-refractivity contribution in [2.45, 2.75) is 64.3 Å². The van der Waals surface area contributed by atoms with Crippen LogP contribution in [0.1, 0.15) is 67.3 Å². The highest BCUT2D eigenvalue weighted by atomic mass is 19.1. The van der Waals surface area contributed by atoms with Gasteiger partial charge in [0.05, 0.1) is 17.7 Å². The van der Waals surface area contributed by atoms with E-state index in [1.165, 1.54) is 23.1 Å². The van der Waals surface area contributed by atoms with Gasteiger partial charge in [-0.25, -0.2) is 4.39 Å². The van der Waals surface area contributed by atoms with Crippen LogP contribution in [-0.2, 0) is 33.8 Å². The minimum atomic E-state index is -3.37. The molecule has 9 heteroatoms. The third-order valence-electron chi connectivity index (χ3n) is 5.82. The van der Waals surface area contributed by atoms with Crippen molar-refractivity contribution < 1.29 is 37.2 Å². The van der Waals surface area contributed by atoms with Gasteiger partial charge in [0.25, 0.3) is 5.91 Å². The molecule has 2 aromatic carbocycles. The summed E-state index contributed by atoms with van der Waals surface area (Å²) in [7, 11) is 0. The molecule has 5 rings (SSSR count). The minimum Gasteiger partial charge on any atom is -0.381 e. The molecule has 3 atom stereocenters. The molecular formula is C27H31FN4O4. The maximum atomic E-state index is 15.5. The molecule has 0 aliphatic carbocycles. The number of rotatable bonds is 6. The second-order valence-electron chi connectivity index (χ2n) is 8.72. The lowest BCUT2D eigenvalue weighted by Crippen LogP contribution is -2.52. The molecular weight excluding hydrogens is 463 g/mol. The van der Waals surface area contributed by atoms with E-state index in [4.69, 9.17) is 18.4 Å². The van der Waals surface area contributed by atoms with Crippen LogP contribution in [-0.4, -0.2) is 58.9 Å². The molecule has 8 nitrogen and oxygen atoms in total. The number of piperidine rings is 1. The van der Waals surface area contributed by atoms with Gasteiger partial charge >= 0.3 is 0 Å². The molecule has 2 saturated heterocycles. The molecule has 3 aliphatic rings. The number of imide groups is 1. The van der Waals surface area contributed by atoms with Gasteiger partial charge in [0.1, 0.15) is 11.9 Å². The average molecular weight is 505 g/mol. The van der Waals surface area contributed by atoms with Crippen LogP contribution in [0.25, 0.3) is 0 Å². The van der Waals surface area contributed by atoms with Crippen LogP contribution in [0.5, 0.6) is 0 Å². The molecule has 0 radical (unpaired) electrons. The van der Waals surface area contributed by atoms with Gasteiger partial charge in [-0.05, 0) is 44.0 Å². The summed E-state index contributed by atoms with van der Waals surface area (Å²) in [5.74, 6) is -5.36. The summed E-state index contributed by atoms with van der Waals surface area (Å²) in [5.41, 5.74) is -1.90. The molecule has 3 amide bonds. The number of carbonyl (C=O) groups excluding carboxylic acids is 3. The number of hydrogen-bond acceptors (Lipinski definition) is 6. The van der Waals surface area contributed by atoms with Gasteiger partial charge in [-0.3, -0.25) is 24.6 Å². The number of anilines is 1. The molecule has 0 saturated carbocycles. The number of amides is 3. The Labute approximate surface area is 223 Å². The van der Waals surface area contributed by atoms with Crippen LogP contribution in [0.15, 0.2) is 36.4 Å². The Kier molecular flexibility index (Phi) is 4.18. The highest BCUT2D eigenvalue weighted by Gasteiger charge is 2.39. The van der Waals surface area contributed by atoms with E-state index < -0.39 is 78.5 Å². The summed E-state index contributed by atoms with van der Waals surface area (Å²) in [4.78, 5) is 40.0. The summed E-state index contributed by atoms with van der Waals surface area (Å²) < 4.78 is 106.